The van der Waals surface area contributed by atoms with Crippen LogP contribution < -0.4 is 5.32 Å². The number of hydrogen-bond donors (Lipinski definition) is 1. The summed E-state index contributed by atoms with van der Waals surface area (Å²) in [7, 11) is 1.72. The first-order valence-corrected chi connectivity index (χ1v) is 5.15. The first-order valence-electron chi connectivity index (χ1n) is 5.15. The van der Waals surface area contributed by atoms with Gasteiger partial charge in [0.05, 0.1) is 18.8 Å². The van der Waals surface area contributed by atoms with Crippen LogP contribution in [-0.2, 0) is 21.4 Å². The van der Waals surface area contributed by atoms with Crippen molar-refractivity contribution in [3.63, 3.8) is 0 Å². The fraction of sp³-hybridized carbons (Fsp3) is 0.364. The second-order valence-electron chi connectivity index (χ2n) is 3.33. The van der Waals surface area contributed by atoms with Crippen LogP contribution in [0, 0.1) is 0 Å². The maximum absolute atomic E-state index is 11.6. The van der Waals surface area contributed by atoms with E-state index < -0.39 is 11.9 Å². The van der Waals surface area contributed by atoms with Gasteiger partial charge >= 0.3 is 11.9 Å². The molecular weight excluding hydrogens is 224 g/mol. The Bertz CT molecular complexity index is 436. The molecule has 0 saturated heterocycles. The van der Waals surface area contributed by atoms with E-state index in [0.717, 1.165) is 0 Å². The van der Waals surface area contributed by atoms with Crippen LogP contribution in [0.15, 0.2) is 18.3 Å². The van der Waals surface area contributed by atoms with E-state index in [0.29, 0.717) is 5.69 Å². The van der Waals surface area contributed by atoms with Crippen LogP contribution in [0.5, 0.6) is 0 Å². The van der Waals surface area contributed by atoms with Gasteiger partial charge in [0.2, 0.25) is 0 Å². The van der Waals surface area contributed by atoms with Gasteiger partial charge in [-0.2, -0.15) is 0 Å². The monoisotopic (exact) mass is 238 g/mol. The molecule has 0 aliphatic rings. The number of hydrogen-bond acceptors (Lipinski definition) is 4. The van der Waals surface area contributed by atoms with Crippen molar-refractivity contribution in [1.29, 1.82) is 0 Å². The van der Waals surface area contributed by atoms with Gasteiger partial charge in [-0.15, -0.1) is 0 Å². The molecule has 6 nitrogen and oxygen atoms in total. The average molecular weight is 238 g/mol. The van der Waals surface area contributed by atoms with Crippen molar-refractivity contribution in [3.8, 4) is 0 Å². The van der Waals surface area contributed by atoms with E-state index in [1.54, 1.807) is 36.9 Å². The van der Waals surface area contributed by atoms with Crippen molar-refractivity contribution in [2.24, 2.45) is 7.05 Å². The van der Waals surface area contributed by atoms with Gasteiger partial charge in [0.15, 0.2) is 5.78 Å². The van der Waals surface area contributed by atoms with E-state index in [1.165, 1.54) is 0 Å². The van der Waals surface area contributed by atoms with Gasteiger partial charge in [0.1, 0.15) is 0 Å². The summed E-state index contributed by atoms with van der Waals surface area (Å²) in [4.78, 5) is 33.7. The van der Waals surface area contributed by atoms with Gasteiger partial charge < -0.3 is 14.6 Å². The largest absolute Gasteiger partial charge is 0.459 e. The van der Waals surface area contributed by atoms with Crippen LogP contribution in [0.2, 0.25) is 0 Å². The zero-order valence-electron chi connectivity index (χ0n) is 9.73. The molecule has 0 aliphatic heterocycles. The quantitative estimate of drug-likeness (QED) is 0.451. The molecular formula is C11H14N2O4. The molecule has 0 aliphatic carbocycles. The molecule has 92 valence electrons. The number of nitrogens with one attached hydrogen (secondary N) is 1. The second kappa shape index (κ2) is 5.83. The topological polar surface area (TPSA) is 77.4 Å². The summed E-state index contributed by atoms with van der Waals surface area (Å²) in [6, 6.07) is 3.36. The lowest BCUT2D eigenvalue weighted by Gasteiger charge is -2.04. The standard InChI is InChI=1S/C11H14N2O4/c1-3-17-11(16)10(15)12-7-9(14)8-5-4-6-13(8)2/h4-6H,3,7H2,1-2H3,(H,12,15). The highest BCUT2D eigenvalue weighted by Crippen LogP contribution is 1.99. The van der Waals surface area contributed by atoms with Crippen molar-refractivity contribution < 1.29 is 19.1 Å². The Labute approximate surface area is 98.6 Å². The van der Waals surface area contributed by atoms with Gasteiger partial charge in [0, 0.05) is 13.2 Å². The molecule has 1 rings (SSSR count). The third kappa shape index (κ3) is 3.44. The van der Waals surface area contributed by atoms with Gasteiger partial charge in [-0.3, -0.25) is 9.59 Å². The summed E-state index contributed by atoms with van der Waals surface area (Å²) in [5.74, 6) is -2.16. The van der Waals surface area contributed by atoms with Gasteiger partial charge in [-0.05, 0) is 19.1 Å². The van der Waals surface area contributed by atoms with Crippen molar-refractivity contribution in [1.82, 2.24) is 9.88 Å². The lowest BCUT2D eigenvalue weighted by molar-refractivity contribution is -0.154. The van der Waals surface area contributed by atoms with Gasteiger partial charge in [-0.25, -0.2) is 4.79 Å². The number of Topliss-reactive ketones (excluding diaryl/α,β-unsaturated/α-hetero) is 1. The van der Waals surface area contributed by atoms with Crippen LogP contribution in [0.4, 0.5) is 0 Å². The number of ketones is 1. The highest BCUT2D eigenvalue weighted by molar-refractivity contribution is 6.32. The number of carbonyl (C=O) groups is 3. The van der Waals surface area contributed by atoms with Crippen LogP contribution in [0.1, 0.15) is 17.4 Å². The van der Waals surface area contributed by atoms with Crippen LogP contribution in [0.25, 0.3) is 0 Å². The normalized spacial score (nSPS) is 9.76. The number of esters is 1. The minimum absolute atomic E-state index is 0.123. The van der Waals surface area contributed by atoms with E-state index in [1.807, 2.05) is 0 Å². The number of aryl methyl sites for hydroxylation is 1. The lowest BCUT2D eigenvalue weighted by Crippen LogP contribution is -2.36. The smallest absolute Gasteiger partial charge is 0.396 e. The molecule has 0 saturated carbocycles. The fourth-order valence-corrected chi connectivity index (χ4v) is 1.27. The van der Waals surface area contributed by atoms with E-state index in [2.05, 4.69) is 10.1 Å². The first-order chi connectivity index (χ1) is 8.06. The molecule has 1 aromatic rings. The molecule has 1 heterocycles. The number of carbonyl (C=O) groups excluding carboxylic acids is 3. The maximum atomic E-state index is 11.6. The summed E-state index contributed by atoms with van der Waals surface area (Å²) in [5, 5.41) is 2.21. The molecule has 1 amide bonds. The zero-order chi connectivity index (χ0) is 12.8. The Morgan fingerprint density at radius 3 is 2.65 bits per heavy atom. The van der Waals surface area contributed by atoms with Crippen LogP contribution in [0.3, 0.4) is 0 Å². The van der Waals surface area contributed by atoms with Crippen molar-refractivity contribution in [2.75, 3.05) is 13.2 Å². The summed E-state index contributed by atoms with van der Waals surface area (Å²) in [6.45, 7) is 1.49. The maximum Gasteiger partial charge on any atom is 0.396 e. The highest BCUT2D eigenvalue weighted by Gasteiger charge is 2.16. The average Bonchev–Trinajstić information content (AvgIpc) is 2.72. The van der Waals surface area contributed by atoms with Crippen LogP contribution in [-0.4, -0.2) is 35.4 Å². The molecule has 0 radical (unpaired) electrons. The fourth-order valence-electron chi connectivity index (χ4n) is 1.27. The summed E-state index contributed by atoms with van der Waals surface area (Å²) in [6.07, 6.45) is 1.72. The Morgan fingerprint density at radius 1 is 1.41 bits per heavy atom. The second-order valence-corrected chi connectivity index (χ2v) is 3.33. The van der Waals surface area contributed by atoms with E-state index in [9.17, 15) is 14.4 Å². The molecule has 0 spiro atoms. The van der Waals surface area contributed by atoms with Gasteiger partial charge in [0.25, 0.3) is 0 Å². The minimum Gasteiger partial charge on any atom is -0.459 e. The van der Waals surface area contributed by atoms with E-state index in [-0.39, 0.29) is 18.9 Å². The van der Waals surface area contributed by atoms with E-state index >= 15 is 0 Å². The lowest BCUT2D eigenvalue weighted by atomic mass is 10.3. The van der Waals surface area contributed by atoms with Gasteiger partial charge in [-0.1, -0.05) is 0 Å². The molecule has 1 aromatic heterocycles. The predicted molar refractivity (Wildman–Crippen MR) is 59.4 cm³/mol. The number of nitrogens with zero attached hydrogens (tertiary/aromatic N) is 1. The van der Waals surface area contributed by atoms with Crippen molar-refractivity contribution in [3.05, 3.63) is 24.0 Å². The Balaban J connectivity index is 2.47. The summed E-state index contributed by atoms with van der Waals surface area (Å²) < 4.78 is 6.12. The number of amides is 1. The molecule has 0 bridgehead atoms. The van der Waals surface area contributed by atoms with Crippen LogP contribution >= 0.6 is 0 Å². The Morgan fingerprint density at radius 2 is 2.12 bits per heavy atom. The number of ether oxygens (including phenoxy) is 1. The summed E-state index contributed by atoms with van der Waals surface area (Å²) in [5.41, 5.74) is 0.467. The molecule has 0 unspecified atom stereocenters. The minimum atomic E-state index is -0.979. The predicted octanol–water partition coefficient (Wildman–Crippen LogP) is -0.113. The number of rotatable bonds is 4. The molecule has 0 atom stereocenters. The summed E-state index contributed by atoms with van der Waals surface area (Å²) >= 11 is 0. The first kappa shape index (κ1) is 13.0. The number of aromatic nitrogens is 1. The molecule has 6 heteroatoms. The molecule has 17 heavy (non-hydrogen) atoms. The zero-order valence-corrected chi connectivity index (χ0v) is 9.73. The third-order valence-corrected chi connectivity index (χ3v) is 2.10. The molecule has 0 aromatic carbocycles. The van der Waals surface area contributed by atoms with Crippen molar-refractivity contribution in [2.45, 2.75) is 6.92 Å². The Hall–Kier alpha value is -2.11. The highest BCUT2D eigenvalue weighted by atomic mass is 16.5. The SMILES string of the molecule is CCOC(=O)C(=O)NCC(=O)c1cccn1C. The van der Waals surface area contributed by atoms with E-state index in [4.69, 9.17) is 0 Å². The molecule has 1 N–H and O–H groups in total. The molecule has 0 fully saturated rings. The van der Waals surface area contributed by atoms with Crippen molar-refractivity contribution >= 4 is 17.7 Å². The Kier molecular flexibility index (Phi) is 4.45. The third-order valence-electron chi connectivity index (χ3n) is 2.10.